The second kappa shape index (κ2) is 16.8. The van der Waals surface area contributed by atoms with E-state index >= 15 is 0 Å². The maximum Gasteiger partial charge on any atom is 0.302 e. The molecule has 8 aromatic rings. The number of carbonyl (C=O) groups excluding carboxylic acids is 1. The number of fused-ring (bicyclic) bond motifs is 2. The van der Waals surface area contributed by atoms with Gasteiger partial charge >= 0.3 is 5.97 Å². The molecule has 0 heterocycles. The van der Waals surface area contributed by atoms with Gasteiger partial charge in [0.15, 0.2) is 0 Å². The highest BCUT2D eigenvalue weighted by molar-refractivity contribution is 7.80. The normalized spacial score (nSPS) is 11.0. The third kappa shape index (κ3) is 7.61. The van der Waals surface area contributed by atoms with E-state index < -0.39 is 15.8 Å². The molecular weight excluding hydrogens is 670 g/mol. The fraction of sp³-hybridized carbons (Fsp3) is 0.0625. The molecule has 0 N–H and O–H groups in total. The van der Waals surface area contributed by atoms with Gasteiger partial charge in [0.05, 0.1) is 6.61 Å². The molecule has 0 fully saturated rings. The summed E-state index contributed by atoms with van der Waals surface area (Å²) < 4.78 is 4.40. The van der Waals surface area contributed by atoms with Gasteiger partial charge in [0, 0.05) is 6.92 Å². The molecule has 0 unspecified atom stereocenters. The predicted octanol–water partition coefficient (Wildman–Crippen LogP) is 9.75. The molecule has 0 aliphatic rings. The molecule has 0 amide bonds. The third-order valence-electron chi connectivity index (χ3n) is 8.95. The van der Waals surface area contributed by atoms with Crippen LogP contribution in [-0.4, -0.2) is 12.6 Å². The highest BCUT2D eigenvalue weighted by Gasteiger charge is 2.28. The molecule has 8 rings (SSSR count). The first-order chi connectivity index (χ1) is 25.6. The lowest BCUT2D eigenvalue weighted by Crippen LogP contribution is -2.26. The molecule has 0 aliphatic carbocycles. The number of hydrogen-bond acceptors (Lipinski definition) is 2. The van der Waals surface area contributed by atoms with E-state index in [2.05, 4.69) is 199 Å². The van der Waals surface area contributed by atoms with E-state index in [4.69, 9.17) is 0 Å². The van der Waals surface area contributed by atoms with E-state index in [1.165, 1.54) is 71.4 Å². The standard InChI is InChI=1S/C44H32P2.C4H8O2/c1-5-19-35(20-6-1)45(36-21-7-2-8-22-36)41-31-29-33-17-13-15-27-39(33)43(41)44-40-28-16-14-18-34(40)30-32-42(44)46(37-23-9-3-10-24-37)38-25-11-4-12-26-38;1-3-6-4(2)5/h1-32H;3H2,1-2H3. The molecule has 8 aromatic carbocycles. The van der Waals surface area contributed by atoms with E-state index in [-0.39, 0.29) is 5.97 Å². The van der Waals surface area contributed by atoms with Crippen LogP contribution in [-0.2, 0) is 9.53 Å². The van der Waals surface area contributed by atoms with Gasteiger partial charge in [-0.3, -0.25) is 4.79 Å². The predicted molar refractivity (Wildman–Crippen MR) is 227 cm³/mol. The molecule has 0 atom stereocenters. The highest BCUT2D eigenvalue weighted by Crippen LogP contribution is 2.45. The average molecular weight is 711 g/mol. The smallest absolute Gasteiger partial charge is 0.302 e. The number of ether oxygens (including phenoxy) is 1. The Balaban J connectivity index is 0.000000648. The SMILES string of the molecule is CCOC(C)=O.c1ccc(P(c2ccccc2)c2ccc3ccccc3c2-c2c(P(c3ccccc3)c3ccccc3)ccc3ccccc23)cc1. The number of hydrogen-bond donors (Lipinski definition) is 0. The van der Waals surface area contributed by atoms with Gasteiger partial charge in [-0.25, -0.2) is 0 Å². The number of benzene rings is 8. The Kier molecular flexibility index (Phi) is 11.3. The van der Waals surface area contributed by atoms with Crippen LogP contribution in [0.3, 0.4) is 0 Å². The Labute approximate surface area is 309 Å². The van der Waals surface area contributed by atoms with Gasteiger partial charge in [0.1, 0.15) is 0 Å². The van der Waals surface area contributed by atoms with Gasteiger partial charge in [-0.05, 0) is 87.3 Å². The van der Waals surface area contributed by atoms with Crippen molar-refractivity contribution in [3.8, 4) is 11.1 Å². The minimum atomic E-state index is -0.852. The van der Waals surface area contributed by atoms with Crippen molar-refractivity contribution in [2.45, 2.75) is 13.8 Å². The van der Waals surface area contributed by atoms with Crippen LogP contribution in [0.1, 0.15) is 13.8 Å². The molecular formula is C48H40O2P2. The molecule has 0 aromatic heterocycles. The van der Waals surface area contributed by atoms with Gasteiger partial charge in [-0.15, -0.1) is 0 Å². The molecule has 0 saturated heterocycles. The summed E-state index contributed by atoms with van der Waals surface area (Å²) in [6.45, 7) is 3.65. The van der Waals surface area contributed by atoms with Crippen molar-refractivity contribution < 1.29 is 9.53 Å². The van der Waals surface area contributed by atoms with Crippen LogP contribution in [0.15, 0.2) is 194 Å². The Morgan fingerprint density at radius 1 is 0.423 bits per heavy atom. The summed E-state index contributed by atoms with van der Waals surface area (Å²) in [5.41, 5.74) is 2.70. The number of rotatable bonds is 8. The topological polar surface area (TPSA) is 26.3 Å². The van der Waals surface area contributed by atoms with E-state index in [1.54, 1.807) is 6.92 Å². The number of carbonyl (C=O) groups is 1. The van der Waals surface area contributed by atoms with E-state index in [1.807, 2.05) is 0 Å². The van der Waals surface area contributed by atoms with Crippen LogP contribution in [0.5, 0.6) is 0 Å². The summed E-state index contributed by atoms with van der Waals surface area (Å²) in [6.07, 6.45) is 0. The van der Waals surface area contributed by atoms with Crippen LogP contribution in [0.2, 0.25) is 0 Å². The van der Waals surface area contributed by atoms with Gasteiger partial charge < -0.3 is 4.74 Å². The largest absolute Gasteiger partial charge is 0.466 e. The van der Waals surface area contributed by atoms with Crippen molar-refractivity contribution >= 4 is 75.2 Å². The number of esters is 1. The van der Waals surface area contributed by atoms with Crippen molar-refractivity contribution in [2.24, 2.45) is 0 Å². The zero-order chi connectivity index (χ0) is 35.7. The summed E-state index contributed by atoms with van der Waals surface area (Å²) in [5, 5.41) is 13.3. The Morgan fingerprint density at radius 2 is 0.731 bits per heavy atom. The molecule has 0 spiro atoms. The molecule has 0 saturated carbocycles. The minimum Gasteiger partial charge on any atom is -0.466 e. The quantitative estimate of drug-likeness (QED) is 0.116. The van der Waals surface area contributed by atoms with E-state index in [9.17, 15) is 4.79 Å². The van der Waals surface area contributed by atoms with Gasteiger partial charge in [0.25, 0.3) is 0 Å². The first-order valence-electron chi connectivity index (χ1n) is 17.6. The summed E-state index contributed by atoms with van der Waals surface area (Å²) in [5.74, 6) is -0.211. The lowest BCUT2D eigenvalue weighted by atomic mass is 9.93. The van der Waals surface area contributed by atoms with Crippen molar-refractivity contribution in [2.75, 3.05) is 6.61 Å². The maximum absolute atomic E-state index is 9.82. The molecule has 4 heteroatoms. The molecule has 254 valence electrons. The Bertz CT molecular complexity index is 2150. The lowest BCUT2D eigenvalue weighted by Gasteiger charge is -2.28. The van der Waals surface area contributed by atoms with Gasteiger partial charge in [-0.2, -0.15) is 0 Å². The molecule has 0 radical (unpaired) electrons. The third-order valence-corrected chi connectivity index (χ3v) is 13.9. The van der Waals surface area contributed by atoms with Gasteiger partial charge in [0.2, 0.25) is 0 Å². The molecule has 52 heavy (non-hydrogen) atoms. The molecule has 0 aliphatic heterocycles. The first-order valence-corrected chi connectivity index (χ1v) is 20.3. The van der Waals surface area contributed by atoms with Crippen molar-refractivity contribution in [3.63, 3.8) is 0 Å². The van der Waals surface area contributed by atoms with E-state index in [0.717, 1.165) is 0 Å². The monoisotopic (exact) mass is 710 g/mol. The van der Waals surface area contributed by atoms with Gasteiger partial charge in [-0.1, -0.05) is 194 Å². The summed E-state index contributed by atoms with van der Waals surface area (Å²) in [6, 6.07) is 71.8. The van der Waals surface area contributed by atoms with Crippen LogP contribution in [0.25, 0.3) is 32.7 Å². The van der Waals surface area contributed by atoms with Crippen LogP contribution < -0.4 is 31.8 Å². The van der Waals surface area contributed by atoms with Crippen molar-refractivity contribution in [3.05, 3.63) is 194 Å². The summed E-state index contributed by atoms with van der Waals surface area (Å²) >= 11 is 0. The van der Waals surface area contributed by atoms with E-state index in [0.29, 0.717) is 6.61 Å². The van der Waals surface area contributed by atoms with Crippen molar-refractivity contribution in [1.82, 2.24) is 0 Å². The minimum absolute atomic E-state index is 0.211. The maximum atomic E-state index is 9.82. The Morgan fingerprint density at radius 3 is 1.02 bits per heavy atom. The lowest BCUT2D eigenvalue weighted by molar-refractivity contribution is -0.140. The molecule has 0 bridgehead atoms. The summed E-state index contributed by atoms with van der Waals surface area (Å²) in [4.78, 5) is 9.82. The van der Waals surface area contributed by atoms with Crippen molar-refractivity contribution in [1.29, 1.82) is 0 Å². The van der Waals surface area contributed by atoms with Crippen LogP contribution >= 0.6 is 15.8 Å². The molecule has 2 nitrogen and oxygen atoms in total. The zero-order valence-corrected chi connectivity index (χ0v) is 31.2. The Hall–Kier alpha value is -5.39. The summed E-state index contributed by atoms with van der Waals surface area (Å²) in [7, 11) is -1.70. The highest BCUT2D eigenvalue weighted by atomic mass is 31.1. The fourth-order valence-corrected chi connectivity index (χ4v) is 11.7. The fourth-order valence-electron chi connectivity index (χ4n) is 6.78. The average Bonchev–Trinajstić information content (AvgIpc) is 3.20. The van der Waals surface area contributed by atoms with Crippen LogP contribution in [0, 0.1) is 0 Å². The second-order valence-corrected chi connectivity index (χ2v) is 16.7. The zero-order valence-electron chi connectivity index (χ0n) is 29.4. The second-order valence-electron chi connectivity index (χ2n) is 12.3. The van der Waals surface area contributed by atoms with Crippen LogP contribution in [0.4, 0.5) is 0 Å². The first kappa shape index (κ1) is 35.0.